The van der Waals surface area contributed by atoms with Gasteiger partial charge in [0.15, 0.2) is 11.5 Å². The van der Waals surface area contributed by atoms with Crippen LogP contribution >= 0.6 is 0 Å². The molecule has 174 valence electrons. The number of benzene rings is 1. The summed E-state index contributed by atoms with van der Waals surface area (Å²) < 4.78 is 16.2. The van der Waals surface area contributed by atoms with Gasteiger partial charge in [-0.2, -0.15) is 0 Å². The molecule has 1 fully saturated rings. The van der Waals surface area contributed by atoms with Crippen LogP contribution in [0.1, 0.15) is 37.0 Å². The van der Waals surface area contributed by atoms with Gasteiger partial charge in [-0.15, -0.1) is 0 Å². The minimum Gasteiger partial charge on any atom is -0.493 e. The van der Waals surface area contributed by atoms with Crippen molar-refractivity contribution in [3.8, 4) is 11.5 Å². The van der Waals surface area contributed by atoms with Crippen LogP contribution in [0.2, 0.25) is 0 Å². The zero-order chi connectivity index (χ0) is 23.0. The molecule has 0 spiro atoms. The molecule has 1 aliphatic heterocycles. The largest absolute Gasteiger partial charge is 0.493 e. The van der Waals surface area contributed by atoms with Gasteiger partial charge in [0.25, 0.3) is 5.91 Å². The van der Waals surface area contributed by atoms with Gasteiger partial charge in [0.2, 0.25) is 0 Å². The van der Waals surface area contributed by atoms with E-state index in [1.807, 2.05) is 13.8 Å². The molecule has 1 aromatic rings. The SMILES string of the molecule is COCCCOc1cc(C(=O)N(C(C)C)C2CN(C(=O)O)CCC2CO)ccc1OC. The lowest BCUT2D eigenvalue weighted by Crippen LogP contribution is -2.58. The third-order valence-corrected chi connectivity index (χ3v) is 5.54. The lowest BCUT2D eigenvalue weighted by molar-refractivity contribution is 0.0140. The Hall–Kier alpha value is -2.52. The molecule has 2 rings (SSSR count). The van der Waals surface area contributed by atoms with E-state index in [0.717, 1.165) is 0 Å². The van der Waals surface area contributed by atoms with Crippen LogP contribution in [0.5, 0.6) is 11.5 Å². The molecule has 2 unspecified atom stereocenters. The first-order valence-corrected chi connectivity index (χ1v) is 10.5. The lowest BCUT2D eigenvalue weighted by atomic mass is 9.89. The Balaban J connectivity index is 2.30. The van der Waals surface area contributed by atoms with Crippen molar-refractivity contribution in [1.29, 1.82) is 0 Å². The molecule has 0 aliphatic carbocycles. The molecule has 9 heteroatoms. The summed E-state index contributed by atoms with van der Waals surface area (Å²) in [5, 5.41) is 19.3. The number of aliphatic hydroxyl groups is 1. The number of aliphatic hydroxyl groups excluding tert-OH is 1. The van der Waals surface area contributed by atoms with Crippen molar-refractivity contribution < 1.29 is 34.0 Å². The van der Waals surface area contributed by atoms with E-state index in [4.69, 9.17) is 14.2 Å². The number of methoxy groups -OCH3 is 2. The van der Waals surface area contributed by atoms with Gasteiger partial charge >= 0.3 is 6.09 Å². The van der Waals surface area contributed by atoms with E-state index in [-0.39, 0.29) is 31.0 Å². The fourth-order valence-electron chi connectivity index (χ4n) is 3.91. The van der Waals surface area contributed by atoms with Crippen molar-refractivity contribution in [3.63, 3.8) is 0 Å². The average Bonchev–Trinajstić information content (AvgIpc) is 2.76. The molecule has 9 nitrogen and oxygen atoms in total. The third-order valence-electron chi connectivity index (χ3n) is 5.54. The Morgan fingerprint density at radius 3 is 2.55 bits per heavy atom. The van der Waals surface area contributed by atoms with Gasteiger partial charge in [-0.3, -0.25) is 4.79 Å². The summed E-state index contributed by atoms with van der Waals surface area (Å²) in [7, 11) is 3.16. The Labute approximate surface area is 183 Å². The van der Waals surface area contributed by atoms with Crippen LogP contribution in [-0.4, -0.2) is 91.2 Å². The molecule has 2 atom stereocenters. The van der Waals surface area contributed by atoms with Gasteiger partial charge in [0.1, 0.15) is 0 Å². The number of piperidine rings is 1. The molecule has 0 aromatic heterocycles. The van der Waals surface area contributed by atoms with E-state index >= 15 is 0 Å². The first-order valence-electron chi connectivity index (χ1n) is 10.5. The highest BCUT2D eigenvalue weighted by molar-refractivity contribution is 5.95. The van der Waals surface area contributed by atoms with Crippen LogP contribution in [0.25, 0.3) is 0 Å². The van der Waals surface area contributed by atoms with Gasteiger partial charge in [-0.1, -0.05) is 0 Å². The quantitative estimate of drug-likeness (QED) is 0.540. The van der Waals surface area contributed by atoms with E-state index in [2.05, 4.69) is 0 Å². The van der Waals surface area contributed by atoms with Crippen LogP contribution in [0.4, 0.5) is 4.79 Å². The molecule has 1 aromatic carbocycles. The molecule has 31 heavy (non-hydrogen) atoms. The number of hydrogen-bond donors (Lipinski definition) is 2. The summed E-state index contributed by atoms with van der Waals surface area (Å²) in [4.78, 5) is 28.0. The van der Waals surface area contributed by atoms with Crippen molar-refractivity contribution in [2.75, 3.05) is 47.1 Å². The maximum atomic E-state index is 13.5. The first kappa shape index (κ1) is 24.7. The number of likely N-dealkylation sites (tertiary alicyclic amines) is 1. The van der Waals surface area contributed by atoms with Gasteiger partial charge in [0, 0.05) is 57.4 Å². The monoisotopic (exact) mass is 438 g/mol. The first-order chi connectivity index (χ1) is 14.8. The maximum absolute atomic E-state index is 13.5. The van der Waals surface area contributed by atoms with Crippen molar-refractivity contribution in [2.45, 2.75) is 38.8 Å². The van der Waals surface area contributed by atoms with Gasteiger partial charge in [-0.05, 0) is 38.5 Å². The lowest BCUT2D eigenvalue weighted by Gasteiger charge is -2.44. The number of hydrogen-bond acceptors (Lipinski definition) is 6. The summed E-state index contributed by atoms with van der Waals surface area (Å²) in [5.41, 5.74) is 0.417. The number of rotatable bonds is 10. The van der Waals surface area contributed by atoms with Crippen LogP contribution in [0.15, 0.2) is 18.2 Å². The Morgan fingerprint density at radius 1 is 1.23 bits per heavy atom. The van der Waals surface area contributed by atoms with Crippen molar-refractivity contribution in [3.05, 3.63) is 23.8 Å². The third kappa shape index (κ3) is 6.24. The number of ether oxygens (including phenoxy) is 3. The minimum absolute atomic E-state index is 0.106. The predicted octanol–water partition coefficient (Wildman–Crippen LogP) is 2.32. The van der Waals surface area contributed by atoms with Crippen molar-refractivity contribution in [1.82, 2.24) is 9.80 Å². The summed E-state index contributed by atoms with van der Waals surface area (Å²) >= 11 is 0. The zero-order valence-corrected chi connectivity index (χ0v) is 18.7. The smallest absolute Gasteiger partial charge is 0.407 e. The number of carboxylic acid groups (broad SMARTS) is 1. The van der Waals surface area contributed by atoms with Crippen molar-refractivity contribution in [2.24, 2.45) is 5.92 Å². The van der Waals surface area contributed by atoms with Gasteiger partial charge in [-0.25, -0.2) is 4.79 Å². The minimum atomic E-state index is -1.02. The van der Waals surface area contributed by atoms with E-state index in [0.29, 0.717) is 49.7 Å². The molecule has 1 heterocycles. The van der Waals surface area contributed by atoms with Crippen LogP contribution in [0.3, 0.4) is 0 Å². The predicted molar refractivity (Wildman–Crippen MR) is 115 cm³/mol. The molecule has 2 amide bonds. The molecule has 2 N–H and O–H groups in total. The second kappa shape index (κ2) is 11.8. The molecule has 1 aliphatic rings. The molecule has 0 saturated carbocycles. The number of nitrogens with zero attached hydrogens (tertiary/aromatic N) is 2. The van der Waals surface area contributed by atoms with Gasteiger partial charge < -0.3 is 34.2 Å². The van der Waals surface area contributed by atoms with Crippen LogP contribution in [-0.2, 0) is 4.74 Å². The maximum Gasteiger partial charge on any atom is 0.407 e. The number of amides is 2. The summed E-state index contributed by atoms with van der Waals surface area (Å²) in [6.07, 6.45) is 0.176. The molecular formula is C22H34N2O7. The van der Waals surface area contributed by atoms with E-state index in [9.17, 15) is 19.8 Å². The highest BCUT2D eigenvalue weighted by atomic mass is 16.5. The summed E-state index contributed by atoms with van der Waals surface area (Å²) in [6, 6.07) is 4.40. The summed E-state index contributed by atoms with van der Waals surface area (Å²) in [6.45, 7) is 5.16. The van der Waals surface area contributed by atoms with Crippen LogP contribution < -0.4 is 9.47 Å². The fraction of sp³-hybridized carbons (Fsp3) is 0.636. The standard InChI is InChI=1S/C22H34N2O7/c1-15(2)24(18-13-23(22(27)28)9-8-17(18)14-25)21(26)16-6-7-19(30-4)20(12-16)31-11-5-10-29-3/h6-7,12,15,17-18,25H,5,8-11,13-14H2,1-4H3,(H,27,28). The number of carbonyl (C=O) groups is 2. The Morgan fingerprint density at radius 2 is 1.97 bits per heavy atom. The van der Waals surface area contributed by atoms with E-state index < -0.39 is 12.1 Å². The molecular weight excluding hydrogens is 404 g/mol. The second-order valence-electron chi connectivity index (χ2n) is 7.89. The highest BCUT2D eigenvalue weighted by Gasteiger charge is 2.38. The van der Waals surface area contributed by atoms with E-state index in [1.54, 1.807) is 30.2 Å². The Kier molecular flexibility index (Phi) is 9.39. The topological polar surface area (TPSA) is 109 Å². The van der Waals surface area contributed by atoms with Crippen LogP contribution in [0, 0.1) is 5.92 Å². The van der Waals surface area contributed by atoms with Gasteiger partial charge in [0.05, 0.1) is 19.8 Å². The second-order valence-corrected chi connectivity index (χ2v) is 7.89. The van der Waals surface area contributed by atoms with Crippen molar-refractivity contribution >= 4 is 12.0 Å². The Bertz CT molecular complexity index is 741. The average molecular weight is 439 g/mol. The van der Waals surface area contributed by atoms with E-state index in [1.165, 1.54) is 12.0 Å². The highest BCUT2D eigenvalue weighted by Crippen LogP contribution is 2.31. The zero-order valence-electron chi connectivity index (χ0n) is 18.7. The normalized spacial score (nSPS) is 18.7. The molecule has 0 radical (unpaired) electrons. The number of carbonyl (C=O) groups excluding carboxylic acids is 1. The molecule has 0 bridgehead atoms. The molecule has 1 saturated heterocycles. The fourth-order valence-corrected chi connectivity index (χ4v) is 3.91. The summed E-state index contributed by atoms with van der Waals surface area (Å²) in [5.74, 6) is 0.552.